The number of benzene rings is 2. The highest BCUT2D eigenvalue weighted by Crippen LogP contribution is 2.30. The molecule has 1 aliphatic rings. The molecule has 3 unspecified atom stereocenters. The minimum Gasteiger partial charge on any atom is -0.353 e. The van der Waals surface area contributed by atoms with Gasteiger partial charge >= 0.3 is 0 Å². The summed E-state index contributed by atoms with van der Waals surface area (Å²) in [4.78, 5) is 12.9. The quantitative estimate of drug-likeness (QED) is 0.566. The first-order chi connectivity index (χ1) is 14.0. The van der Waals surface area contributed by atoms with Crippen molar-refractivity contribution in [3.8, 4) is 0 Å². The first-order valence-electron chi connectivity index (χ1n) is 10.6. The molecule has 1 amide bonds. The van der Waals surface area contributed by atoms with Crippen LogP contribution < -0.4 is 5.32 Å². The molecule has 0 radical (unpaired) electrons. The van der Waals surface area contributed by atoms with Crippen LogP contribution in [0.2, 0.25) is 5.02 Å². The highest BCUT2D eigenvalue weighted by atomic mass is 35.5. The number of nitrogens with one attached hydrogen (secondary N) is 1. The van der Waals surface area contributed by atoms with Gasteiger partial charge in [-0.2, -0.15) is 0 Å². The van der Waals surface area contributed by atoms with Crippen LogP contribution in [-0.2, 0) is 17.8 Å². The van der Waals surface area contributed by atoms with E-state index in [0.717, 1.165) is 40.0 Å². The topological polar surface area (TPSA) is 34.0 Å². The molecule has 152 valence electrons. The Kier molecular flexibility index (Phi) is 5.96. The van der Waals surface area contributed by atoms with Crippen LogP contribution in [0.1, 0.15) is 44.2 Å². The van der Waals surface area contributed by atoms with Gasteiger partial charge in [-0.3, -0.25) is 4.79 Å². The fraction of sp³-hybridized carbons (Fsp3) is 0.400. The molecule has 4 rings (SSSR count). The number of para-hydroxylation sites is 1. The third-order valence-corrected chi connectivity index (χ3v) is 6.75. The lowest BCUT2D eigenvalue weighted by Crippen LogP contribution is -2.44. The summed E-state index contributed by atoms with van der Waals surface area (Å²) in [6, 6.07) is 16.6. The minimum atomic E-state index is 0.126. The molecule has 1 saturated carbocycles. The fourth-order valence-corrected chi connectivity index (χ4v) is 4.86. The molecular formula is C25H29ClN2O. The smallest absolute Gasteiger partial charge is 0.224 e. The number of rotatable bonds is 5. The van der Waals surface area contributed by atoms with Crippen molar-refractivity contribution in [1.29, 1.82) is 0 Å². The molecule has 0 aliphatic heterocycles. The number of carbonyl (C=O) groups excluding carboxylic acids is 1. The molecule has 1 aromatic heterocycles. The third kappa shape index (κ3) is 4.51. The first kappa shape index (κ1) is 20.0. The molecule has 1 aliphatic carbocycles. The Morgan fingerprint density at radius 3 is 2.79 bits per heavy atom. The molecular weight excluding hydrogens is 380 g/mol. The highest BCUT2D eigenvalue weighted by molar-refractivity contribution is 6.30. The van der Waals surface area contributed by atoms with Gasteiger partial charge in [0.2, 0.25) is 5.91 Å². The van der Waals surface area contributed by atoms with Gasteiger partial charge in [-0.1, -0.05) is 68.6 Å². The largest absolute Gasteiger partial charge is 0.353 e. The summed E-state index contributed by atoms with van der Waals surface area (Å²) in [5.74, 6) is 1.34. The average Bonchev–Trinajstić information content (AvgIpc) is 3.03. The van der Waals surface area contributed by atoms with Crippen molar-refractivity contribution >= 4 is 28.4 Å². The van der Waals surface area contributed by atoms with Crippen molar-refractivity contribution in [2.24, 2.45) is 11.8 Å². The highest BCUT2D eigenvalue weighted by Gasteiger charge is 2.28. The maximum absolute atomic E-state index is 12.9. The minimum absolute atomic E-state index is 0.126. The number of aromatic nitrogens is 1. The molecule has 3 nitrogen and oxygen atoms in total. The van der Waals surface area contributed by atoms with Gasteiger partial charge < -0.3 is 9.88 Å². The molecule has 1 fully saturated rings. The summed E-state index contributed by atoms with van der Waals surface area (Å²) in [7, 11) is 0. The first-order valence-corrected chi connectivity index (χ1v) is 11.0. The number of halogens is 1. The summed E-state index contributed by atoms with van der Waals surface area (Å²) in [6.07, 6.45) is 6.10. The average molecular weight is 409 g/mol. The van der Waals surface area contributed by atoms with Gasteiger partial charge in [-0.05, 0) is 47.6 Å². The van der Waals surface area contributed by atoms with E-state index in [1.54, 1.807) is 0 Å². The Morgan fingerprint density at radius 2 is 1.97 bits per heavy atom. The Balaban J connectivity index is 1.54. The summed E-state index contributed by atoms with van der Waals surface area (Å²) in [6.45, 7) is 5.30. The molecule has 0 saturated heterocycles. The van der Waals surface area contributed by atoms with Crippen molar-refractivity contribution in [1.82, 2.24) is 9.88 Å². The summed E-state index contributed by atoms with van der Waals surface area (Å²) >= 11 is 6.16. The molecule has 1 heterocycles. The van der Waals surface area contributed by atoms with Gasteiger partial charge in [0.25, 0.3) is 0 Å². The van der Waals surface area contributed by atoms with Crippen LogP contribution >= 0.6 is 11.6 Å². The molecule has 0 spiro atoms. The van der Waals surface area contributed by atoms with Crippen LogP contribution in [0.15, 0.2) is 54.7 Å². The van der Waals surface area contributed by atoms with Crippen LogP contribution in [0.25, 0.3) is 10.9 Å². The van der Waals surface area contributed by atoms with E-state index < -0.39 is 0 Å². The molecule has 3 atom stereocenters. The monoisotopic (exact) mass is 408 g/mol. The van der Waals surface area contributed by atoms with E-state index in [1.165, 1.54) is 12.8 Å². The normalized spacial score (nSPS) is 22.0. The zero-order valence-electron chi connectivity index (χ0n) is 17.2. The maximum Gasteiger partial charge on any atom is 0.224 e. The summed E-state index contributed by atoms with van der Waals surface area (Å²) in [5, 5.41) is 5.21. The van der Waals surface area contributed by atoms with E-state index in [9.17, 15) is 4.79 Å². The van der Waals surface area contributed by atoms with Gasteiger partial charge in [-0.15, -0.1) is 0 Å². The molecule has 4 heteroatoms. The van der Waals surface area contributed by atoms with Crippen LogP contribution in [0.5, 0.6) is 0 Å². The van der Waals surface area contributed by atoms with Crippen LogP contribution in [0.3, 0.4) is 0 Å². The van der Waals surface area contributed by atoms with Gasteiger partial charge in [0.1, 0.15) is 0 Å². The lowest BCUT2D eigenvalue weighted by molar-refractivity contribution is -0.121. The van der Waals surface area contributed by atoms with Gasteiger partial charge in [0.05, 0.1) is 6.42 Å². The van der Waals surface area contributed by atoms with E-state index >= 15 is 0 Å². The second-order valence-electron chi connectivity index (χ2n) is 8.55. The summed E-state index contributed by atoms with van der Waals surface area (Å²) < 4.78 is 2.22. The number of carbonyl (C=O) groups is 1. The van der Waals surface area contributed by atoms with Crippen molar-refractivity contribution in [2.75, 3.05) is 0 Å². The van der Waals surface area contributed by atoms with Crippen LogP contribution in [0.4, 0.5) is 0 Å². The molecule has 2 aromatic carbocycles. The van der Waals surface area contributed by atoms with Crippen LogP contribution in [-0.4, -0.2) is 16.5 Å². The number of amides is 1. The fourth-order valence-electron chi connectivity index (χ4n) is 4.64. The van der Waals surface area contributed by atoms with Crippen molar-refractivity contribution in [2.45, 2.75) is 52.1 Å². The maximum atomic E-state index is 12.9. The zero-order chi connectivity index (χ0) is 20.4. The lowest BCUT2D eigenvalue weighted by Gasteiger charge is -2.34. The van der Waals surface area contributed by atoms with E-state index in [2.05, 4.69) is 48.1 Å². The Morgan fingerprint density at radius 1 is 1.14 bits per heavy atom. The zero-order valence-corrected chi connectivity index (χ0v) is 18.0. The van der Waals surface area contributed by atoms with Gasteiger partial charge in [0.15, 0.2) is 0 Å². The second-order valence-corrected chi connectivity index (χ2v) is 8.98. The molecule has 29 heavy (non-hydrogen) atoms. The van der Waals surface area contributed by atoms with E-state index in [-0.39, 0.29) is 5.91 Å². The molecule has 1 N–H and O–H groups in total. The second kappa shape index (κ2) is 8.62. The molecule has 3 aromatic rings. The molecule has 0 bridgehead atoms. The van der Waals surface area contributed by atoms with E-state index in [4.69, 9.17) is 11.6 Å². The number of hydrogen-bond acceptors (Lipinski definition) is 1. The van der Waals surface area contributed by atoms with Gasteiger partial charge in [-0.25, -0.2) is 0 Å². The number of nitrogens with zero attached hydrogens (tertiary/aromatic N) is 1. The van der Waals surface area contributed by atoms with E-state index in [0.29, 0.717) is 24.3 Å². The predicted molar refractivity (Wildman–Crippen MR) is 120 cm³/mol. The predicted octanol–water partition coefficient (Wildman–Crippen LogP) is 5.83. The van der Waals surface area contributed by atoms with Crippen molar-refractivity contribution < 1.29 is 4.79 Å². The number of hydrogen-bond donors (Lipinski definition) is 1. The van der Waals surface area contributed by atoms with Gasteiger partial charge in [0, 0.05) is 34.7 Å². The third-order valence-electron chi connectivity index (χ3n) is 6.52. The standard InChI is InChI=1S/C25H29ClN2O/c1-17-7-5-11-23(18(17)2)27-25(29)14-20-16-28(24-12-4-3-10-22(20)24)15-19-8-6-9-21(26)13-19/h3-4,6,8-10,12-13,16-18,23H,5,7,11,14-15H2,1-2H3,(H,27,29). The van der Waals surface area contributed by atoms with Crippen molar-refractivity contribution in [3.05, 3.63) is 70.9 Å². The SMILES string of the molecule is CC1CCCC(NC(=O)Cc2cn(Cc3cccc(Cl)c3)c3ccccc23)C1C. The Labute approximate surface area is 178 Å². The van der Waals surface area contributed by atoms with E-state index in [1.807, 2.05) is 30.3 Å². The number of fused-ring (bicyclic) bond motifs is 1. The lowest BCUT2D eigenvalue weighted by atomic mass is 9.78. The Hall–Kier alpha value is -2.26. The summed E-state index contributed by atoms with van der Waals surface area (Å²) in [5.41, 5.74) is 3.38. The van der Waals surface area contributed by atoms with Crippen molar-refractivity contribution in [3.63, 3.8) is 0 Å². The van der Waals surface area contributed by atoms with Crippen LogP contribution in [0, 0.1) is 11.8 Å². The Bertz CT molecular complexity index is 1010.